The number of anilines is 2. The molecule has 1 aliphatic rings. The first kappa shape index (κ1) is 19.9. The van der Waals surface area contributed by atoms with E-state index in [1.54, 1.807) is 4.90 Å². The largest absolute Gasteiger partial charge is 0.378 e. The van der Waals surface area contributed by atoms with E-state index in [0.29, 0.717) is 13.1 Å². The van der Waals surface area contributed by atoms with E-state index in [1.165, 1.54) is 0 Å². The lowest BCUT2D eigenvalue weighted by atomic mass is 10.1. The maximum Gasteiger partial charge on any atom is 0.228 e. The van der Waals surface area contributed by atoms with Gasteiger partial charge in [-0.15, -0.1) is 0 Å². The second-order valence-corrected chi connectivity index (χ2v) is 7.86. The van der Waals surface area contributed by atoms with Crippen molar-refractivity contribution in [1.82, 2.24) is 4.90 Å². The molecule has 0 aliphatic carbocycles. The monoisotopic (exact) mass is 379 g/mol. The Morgan fingerprint density at radius 1 is 1.07 bits per heavy atom. The van der Waals surface area contributed by atoms with E-state index in [9.17, 15) is 9.59 Å². The molecule has 5 heteroatoms. The first-order valence-corrected chi connectivity index (χ1v) is 9.79. The Morgan fingerprint density at radius 3 is 2.29 bits per heavy atom. The third kappa shape index (κ3) is 4.35. The zero-order valence-corrected chi connectivity index (χ0v) is 17.1. The zero-order chi connectivity index (χ0) is 20.3. The second kappa shape index (κ2) is 8.46. The molecule has 2 aromatic rings. The maximum absolute atomic E-state index is 13.2. The van der Waals surface area contributed by atoms with E-state index in [0.717, 1.165) is 16.9 Å². The van der Waals surface area contributed by atoms with Crippen LogP contribution in [0.5, 0.6) is 0 Å². The summed E-state index contributed by atoms with van der Waals surface area (Å²) in [5.74, 6) is -0.230. The minimum Gasteiger partial charge on any atom is -0.378 e. The maximum atomic E-state index is 13.2. The predicted molar refractivity (Wildman–Crippen MR) is 113 cm³/mol. The number of hydrogen-bond donors (Lipinski definition) is 0. The number of amides is 2. The molecular formula is C23H29N3O2. The van der Waals surface area contributed by atoms with Crippen molar-refractivity contribution in [3.8, 4) is 0 Å². The fourth-order valence-electron chi connectivity index (χ4n) is 3.58. The van der Waals surface area contributed by atoms with E-state index >= 15 is 0 Å². The highest BCUT2D eigenvalue weighted by Crippen LogP contribution is 2.28. The first-order chi connectivity index (χ1) is 13.4. The van der Waals surface area contributed by atoms with Crippen molar-refractivity contribution >= 4 is 23.2 Å². The standard InChI is InChI=1S/C23H29N3O2/c1-17(2)25(15-18-8-6-5-7-9-18)23(28)19-14-22(27)26(16-19)21-12-10-20(11-13-21)24(3)4/h5-13,17,19H,14-16H2,1-4H3. The van der Waals surface area contributed by atoms with Crippen LogP contribution < -0.4 is 9.80 Å². The van der Waals surface area contributed by atoms with E-state index in [4.69, 9.17) is 0 Å². The van der Waals surface area contributed by atoms with Gasteiger partial charge in [0.25, 0.3) is 0 Å². The van der Waals surface area contributed by atoms with Crippen LogP contribution in [-0.2, 0) is 16.1 Å². The van der Waals surface area contributed by atoms with Gasteiger partial charge in [-0.2, -0.15) is 0 Å². The van der Waals surface area contributed by atoms with Crippen molar-refractivity contribution < 1.29 is 9.59 Å². The number of nitrogens with zero attached hydrogens (tertiary/aromatic N) is 3. The third-order valence-corrected chi connectivity index (χ3v) is 5.25. The summed E-state index contributed by atoms with van der Waals surface area (Å²) in [6.07, 6.45) is 0.270. The molecule has 0 saturated carbocycles. The Morgan fingerprint density at radius 2 is 1.71 bits per heavy atom. The van der Waals surface area contributed by atoms with Gasteiger partial charge in [0.05, 0.1) is 5.92 Å². The fraction of sp³-hybridized carbons (Fsp3) is 0.391. The summed E-state index contributed by atoms with van der Waals surface area (Å²) in [6, 6.07) is 18.0. The molecule has 0 N–H and O–H groups in total. The van der Waals surface area contributed by atoms with Crippen LogP contribution in [0.4, 0.5) is 11.4 Å². The highest BCUT2D eigenvalue weighted by atomic mass is 16.2. The van der Waals surface area contributed by atoms with Gasteiger partial charge in [-0.1, -0.05) is 30.3 Å². The van der Waals surface area contributed by atoms with E-state index in [2.05, 4.69) is 0 Å². The molecule has 1 aliphatic heterocycles. The highest BCUT2D eigenvalue weighted by Gasteiger charge is 2.37. The first-order valence-electron chi connectivity index (χ1n) is 9.79. The van der Waals surface area contributed by atoms with Crippen molar-refractivity contribution in [2.45, 2.75) is 32.9 Å². The molecule has 1 heterocycles. The van der Waals surface area contributed by atoms with Gasteiger partial charge in [-0.05, 0) is 43.7 Å². The van der Waals surface area contributed by atoms with Gasteiger partial charge in [0.2, 0.25) is 11.8 Å². The summed E-state index contributed by atoms with van der Waals surface area (Å²) >= 11 is 0. The summed E-state index contributed by atoms with van der Waals surface area (Å²) < 4.78 is 0. The summed E-state index contributed by atoms with van der Waals surface area (Å²) in [6.45, 7) is 5.06. The van der Waals surface area contributed by atoms with Crippen LogP contribution >= 0.6 is 0 Å². The van der Waals surface area contributed by atoms with Crippen molar-refractivity contribution in [1.29, 1.82) is 0 Å². The van der Waals surface area contributed by atoms with E-state index < -0.39 is 0 Å². The molecule has 1 saturated heterocycles. The molecular weight excluding hydrogens is 350 g/mol. The van der Waals surface area contributed by atoms with Gasteiger partial charge in [-0.3, -0.25) is 9.59 Å². The normalized spacial score (nSPS) is 16.5. The molecule has 0 aromatic heterocycles. The summed E-state index contributed by atoms with van der Waals surface area (Å²) in [7, 11) is 3.97. The lowest BCUT2D eigenvalue weighted by Gasteiger charge is -2.29. The molecule has 1 unspecified atom stereocenters. The summed E-state index contributed by atoms with van der Waals surface area (Å²) in [5, 5.41) is 0. The van der Waals surface area contributed by atoms with E-state index in [-0.39, 0.29) is 30.2 Å². The molecule has 0 bridgehead atoms. The Hall–Kier alpha value is -2.82. The fourth-order valence-corrected chi connectivity index (χ4v) is 3.58. The molecule has 28 heavy (non-hydrogen) atoms. The lowest BCUT2D eigenvalue weighted by molar-refractivity contribution is -0.138. The van der Waals surface area contributed by atoms with Gasteiger partial charge in [0.1, 0.15) is 0 Å². The van der Waals surface area contributed by atoms with Gasteiger partial charge in [0, 0.05) is 51.0 Å². The number of carbonyl (C=O) groups is 2. The van der Waals surface area contributed by atoms with Gasteiger partial charge < -0.3 is 14.7 Å². The molecule has 5 nitrogen and oxygen atoms in total. The minimum atomic E-state index is -0.299. The minimum absolute atomic E-state index is 0.0133. The Balaban J connectivity index is 1.72. The smallest absolute Gasteiger partial charge is 0.228 e. The Labute approximate surface area is 167 Å². The zero-order valence-electron chi connectivity index (χ0n) is 17.1. The van der Waals surface area contributed by atoms with Crippen LogP contribution in [0, 0.1) is 5.92 Å². The molecule has 3 rings (SSSR count). The van der Waals surface area contributed by atoms with Crippen molar-refractivity contribution in [3.05, 3.63) is 60.2 Å². The molecule has 0 spiro atoms. The molecule has 148 valence electrons. The quantitative estimate of drug-likeness (QED) is 0.771. The lowest BCUT2D eigenvalue weighted by Crippen LogP contribution is -2.41. The number of hydrogen-bond acceptors (Lipinski definition) is 3. The van der Waals surface area contributed by atoms with E-state index in [1.807, 2.05) is 92.3 Å². The van der Waals surface area contributed by atoms with Crippen LogP contribution in [-0.4, -0.2) is 43.4 Å². The van der Waals surface area contributed by atoms with Crippen LogP contribution in [0.2, 0.25) is 0 Å². The van der Waals surface area contributed by atoms with Crippen molar-refractivity contribution in [3.63, 3.8) is 0 Å². The van der Waals surface area contributed by atoms with Crippen molar-refractivity contribution in [2.75, 3.05) is 30.4 Å². The molecule has 1 fully saturated rings. The molecule has 0 radical (unpaired) electrons. The third-order valence-electron chi connectivity index (χ3n) is 5.25. The SMILES string of the molecule is CC(C)N(Cc1ccccc1)C(=O)C1CC(=O)N(c2ccc(N(C)C)cc2)C1. The highest BCUT2D eigenvalue weighted by molar-refractivity contribution is 6.00. The van der Waals surface area contributed by atoms with Crippen LogP contribution in [0.1, 0.15) is 25.8 Å². The summed E-state index contributed by atoms with van der Waals surface area (Å²) in [5.41, 5.74) is 3.03. The molecule has 1 atom stereocenters. The van der Waals surface area contributed by atoms with Crippen LogP contribution in [0.15, 0.2) is 54.6 Å². The van der Waals surface area contributed by atoms with Gasteiger partial charge in [0.15, 0.2) is 0 Å². The average Bonchev–Trinajstić information content (AvgIpc) is 3.08. The average molecular weight is 380 g/mol. The predicted octanol–water partition coefficient (Wildman–Crippen LogP) is 3.54. The van der Waals surface area contributed by atoms with Crippen molar-refractivity contribution in [2.24, 2.45) is 5.92 Å². The number of carbonyl (C=O) groups excluding carboxylic acids is 2. The van der Waals surface area contributed by atoms with Crippen LogP contribution in [0.3, 0.4) is 0 Å². The Bertz CT molecular complexity index is 816. The molecule has 2 aromatic carbocycles. The van der Waals surface area contributed by atoms with Gasteiger partial charge in [-0.25, -0.2) is 0 Å². The topological polar surface area (TPSA) is 43.9 Å². The second-order valence-electron chi connectivity index (χ2n) is 7.86. The molecule has 2 amide bonds. The van der Waals surface area contributed by atoms with Gasteiger partial charge >= 0.3 is 0 Å². The number of rotatable bonds is 6. The van der Waals surface area contributed by atoms with Crippen LogP contribution in [0.25, 0.3) is 0 Å². The number of benzene rings is 2. The summed E-state index contributed by atoms with van der Waals surface area (Å²) in [4.78, 5) is 31.4. The Kier molecular flexibility index (Phi) is 6.02.